The van der Waals surface area contributed by atoms with Gasteiger partial charge in [-0.3, -0.25) is 0 Å². The zero-order valence-corrected chi connectivity index (χ0v) is 12.9. The number of fused-ring (bicyclic) bond motifs is 3. The fraction of sp³-hybridized carbons (Fsp3) is 0.0476. The van der Waals surface area contributed by atoms with E-state index in [1.54, 1.807) is 0 Å². The number of rotatable bonds is 1. The van der Waals surface area contributed by atoms with E-state index in [9.17, 15) is 0 Å². The van der Waals surface area contributed by atoms with Crippen LogP contribution in [-0.4, -0.2) is 9.97 Å². The number of ether oxygens (including phenoxy) is 1. The van der Waals surface area contributed by atoms with Crippen molar-refractivity contribution in [3.8, 4) is 5.75 Å². The zero-order chi connectivity index (χ0) is 15.9. The average Bonchev–Trinajstić information content (AvgIpc) is 2.65. The second-order valence-corrected chi connectivity index (χ2v) is 5.90. The maximum Gasteiger partial charge on any atom is 0.160 e. The van der Waals surface area contributed by atoms with Gasteiger partial charge < -0.3 is 4.74 Å². The van der Waals surface area contributed by atoms with Crippen molar-refractivity contribution in [1.82, 2.24) is 9.97 Å². The quantitative estimate of drug-likeness (QED) is 0.468. The van der Waals surface area contributed by atoms with Crippen molar-refractivity contribution in [1.29, 1.82) is 0 Å². The van der Waals surface area contributed by atoms with E-state index in [0.29, 0.717) is 0 Å². The molecule has 0 amide bonds. The molecular formula is C21H14N2O. The lowest BCUT2D eigenvalue weighted by molar-refractivity contribution is 0.247. The van der Waals surface area contributed by atoms with Crippen molar-refractivity contribution in [3.05, 3.63) is 84.1 Å². The number of hydrogen-bond acceptors (Lipinski definition) is 3. The molecule has 0 saturated carbocycles. The van der Waals surface area contributed by atoms with E-state index in [-0.39, 0.29) is 6.10 Å². The molecule has 0 radical (unpaired) electrons. The van der Waals surface area contributed by atoms with Crippen molar-refractivity contribution in [3.63, 3.8) is 0 Å². The Labute approximate surface area is 139 Å². The summed E-state index contributed by atoms with van der Waals surface area (Å²) in [5, 5.41) is 2.17. The van der Waals surface area contributed by atoms with Crippen molar-refractivity contribution in [2.24, 2.45) is 0 Å². The molecule has 1 aliphatic heterocycles. The summed E-state index contributed by atoms with van der Waals surface area (Å²) in [5.41, 5.74) is 3.68. The molecule has 4 aromatic rings. The fourth-order valence-corrected chi connectivity index (χ4v) is 3.08. The number of hydrogen-bond donors (Lipinski definition) is 0. The standard InChI is InChI=1S/C21H14N2O/c1-3-7-17-15(6-1)13-16-9-11-18(23-21(16)22-17)20-12-10-14-5-2-4-8-19(14)24-20/h1-13,20H. The monoisotopic (exact) mass is 310 g/mol. The van der Waals surface area contributed by atoms with Gasteiger partial charge in [-0.05, 0) is 36.4 Å². The summed E-state index contributed by atoms with van der Waals surface area (Å²) in [6.07, 6.45) is 3.94. The summed E-state index contributed by atoms with van der Waals surface area (Å²) in [6, 6.07) is 22.3. The Bertz CT molecular complexity index is 1100. The fourth-order valence-electron chi connectivity index (χ4n) is 3.08. The normalized spacial score (nSPS) is 16.1. The van der Waals surface area contributed by atoms with E-state index < -0.39 is 0 Å². The highest BCUT2D eigenvalue weighted by molar-refractivity contribution is 5.90. The Morgan fingerprint density at radius 3 is 2.67 bits per heavy atom. The minimum absolute atomic E-state index is 0.183. The van der Waals surface area contributed by atoms with Gasteiger partial charge in [0, 0.05) is 16.3 Å². The van der Waals surface area contributed by atoms with E-state index in [1.807, 2.05) is 54.6 Å². The lowest BCUT2D eigenvalue weighted by Gasteiger charge is -2.21. The summed E-state index contributed by atoms with van der Waals surface area (Å²) in [5.74, 6) is 0.887. The van der Waals surface area contributed by atoms with Gasteiger partial charge in [0.2, 0.25) is 0 Å². The molecule has 0 N–H and O–H groups in total. The Hall–Kier alpha value is -3.20. The van der Waals surface area contributed by atoms with Gasteiger partial charge in [0.1, 0.15) is 5.75 Å². The van der Waals surface area contributed by atoms with E-state index in [2.05, 4.69) is 29.3 Å². The van der Waals surface area contributed by atoms with Gasteiger partial charge in [-0.15, -0.1) is 0 Å². The van der Waals surface area contributed by atoms with Crippen LogP contribution in [0.1, 0.15) is 17.4 Å². The Balaban J connectivity index is 1.59. The van der Waals surface area contributed by atoms with Gasteiger partial charge in [-0.1, -0.05) is 42.5 Å². The number of pyridine rings is 2. The van der Waals surface area contributed by atoms with Crippen LogP contribution in [0.2, 0.25) is 0 Å². The van der Waals surface area contributed by atoms with Crippen LogP contribution in [0.25, 0.3) is 28.0 Å². The van der Waals surface area contributed by atoms with Crippen molar-refractivity contribution < 1.29 is 4.74 Å². The molecule has 5 rings (SSSR count). The molecule has 3 nitrogen and oxygen atoms in total. The number of para-hydroxylation sites is 2. The molecule has 0 bridgehead atoms. The lowest BCUT2D eigenvalue weighted by Crippen LogP contribution is -2.10. The van der Waals surface area contributed by atoms with E-state index in [1.165, 1.54) is 0 Å². The zero-order valence-electron chi connectivity index (χ0n) is 12.9. The number of nitrogens with zero attached hydrogens (tertiary/aromatic N) is 2. The SMILES string of the molecule is C1=CC(c2ccc3cc4ccccc4nc3n2)Oc2ccccc21. The molecule has 3 heterocycles. The predicted octanol–water partition coefficient (Wildman–Crippen LogP) is 4.93. The third-order valence-electron chi connectivity index (χ3n) is 4.32. The van der Waals surface area contributed by atoms with Crippen LogP contribution < -0.4 is 4.74 Å². The molecule has 0 spiro atoms. The van der Waals surface area contributed by atoms with E-state index in [4.69, 9.17) is 9.72 Å². The van der Waals surface area contributed by atoms with Crippen molar-refractivity contribution in [2.45, 2.75) is 6.10 Å². The van der Waals surface area contributed by atoms with Gasteiger partial charge in [-0.25, -0.2) is 9.97 Å². The second kappa shape index (κ2) is 5.17. The van der Waals surface area contributed by atoms with Crippen molar-refractivity contribution >= 4 is 28.0 Å². The van der Waals surface area contributed by atoms with Crippen molar-refractivity contribution in [2.75, 3.05) is 0 Å². The largest absolute Gasteiger partial charge is 0.479 e. The van der Waals surface area contributed by atoms with Gasteiger partial charge >= 0.3 is 0 Å². The highest BCUT2D eigenvalue weighted by Gasteiger charge is 2.18. The molecule has 24 heavy (non-hydrogen) atoms. The number of benzene rings is 2. The molecular weight excluding hydrogens is 296 g/mol. The minimum Gasteiger partial charge on any atom is -0.479 e. The maximum atomic E-state index is 6.08. The maximum absolute atomic E-state index is 6.08. The smallest absolute Gasteiger partial charge is 0.160 e. The third kappa shape index (κ3) is 2.14. The Morgan fingerprint density at radius 1 is 0.792 bits per heavy atom. The Kier molecular flexibility index (Phi) is 2.85. The van der Waals surface area contributed by atoms with Crippen LogP contribution in [0.15, 0.2) is 72.8 Å². The second-order valence-electron chi connectivity index (χ2n) is 5.90. The first-order valence-corrected chi connectivity index (χ1v) is 7.97. The van der Waals surface area contributed by atoms with Gasteiger partial charge in [-0.2, -0.15) is 0 Å². The average molecular weight is 310 g/mol. The first kappa shape index (κ1) is 13.3. The summed E-state index contributed by atoms with van der Waals surface area (Å²) in [7, 11) is 0. The molecule has 0 aliphatic carbocycles. The molecule has 1 unspecified atom stereocenters. The van der Waals surface area contributed by atoms with Crippen LogP contribution in [0.3, 0.4) is 0 Å². The molecule has 1 atom stereocenters. The van der Waals surface area contributed by atoms with Crippen LogP contribution in [-0.2, 0) is 0 Å². The minimum atomic E-state index is -0.183. The Morgan fingerprint density at radius 2 is 1.67 bits per heavy atom. The van der Waals surface area contributed by atoms with Crippen LogP contribution in [0.5, 0.6) is 5.75 Å². The topological polar surface area (TPSA) is 35.0 Å². The van der Waals surface area contributed by atoms with E-state index >= 15 is 0 Å². The van der Waals surface area contributed by atoms with Crippen LogP contribution in [0.4, 0.5) is 0 Å². The molecule has 114 valence electrons. The first-order chi connectivity index (χ1) is 11.9. The first-order valence-electron chi connectivity index (χ1n) is 7.97. The number of aromatic nitrogens is 2. The van der Waals surface area contributed by atoms with Gasteiger partial charge in [0.05, 0.1) is 11.2 Å². The third-order valence-corrected chi connectivity index (χ3v) is 4.32. The summed E-state index contributed by atoms with van der Waals surface area (Å²) in [6.45, 7) is 0. The predicted molar refractivity (Wildman–Crippen MR) is 95.9 cm³/mol. The molecule has 2 aromatic heterocycles. The van der Waals surface area contributed by atoms with Crippen LogP contribution in [0, 0.1) is 0 Å². The summed E-state index contributed by atoms with van der Waals surface area (Å²) >= 11 is 0. The molecule has 0 saturated heterocycles. The van der Waals surface area contributed by atoms with Gasteiger partial charge in [0.15, 0.2) is 11.8 Å². The van der Waals surface area contributed by atoms with Gasteiger partial charge in [0.25, 0.3) is 0 Å². The highest BCUT2D eigenvalue weighted by atomic mass is 16.5. The lowest BCUT2D eigenvalue weighted by atomic mass is 10.1. The van der Waals surface area contributed by atoms with Crippen LogP contribution >= 0.6 is 0 Å². The van der Waals surface area contributed by atoms with E-state index in [0.717, 1.165) is 38.9 Å². The summed E-state index contributed by atoms with van der Waals surface area (Å²) < 4.78 is 6.08. The molecule has 3 heteroatoms. The summed E-state index contributed by atoms with van der Waals surface area (Å²) in [4.78, 5) is 9.42. The molecule has 1 aliphatic rings. The molecule has 0 fully saturated rings. The highest BCUT2D eigenvalue weighted by Crippen LogP contribution is 2.32. The molecule has 2 aromatic carbocycles.